The van der Waals surface area contributed by atoms with Gasteiger partial charge in [0.2, 0.25) is 17.4 Å². The molecule has 3 unspecified atom stereocenters. The molecule has 0 aromatic heterocycles. The highest BCUT2D eigenvalue weighted by molar-refractivity contribution is 7.60. The molecule has 2 rings (SSSR count). The molecule has 1 fully saturated rings. The molecule has 0 bridgehead atoms. The standard InChI is InChI=1S/C26H40N3O8P/c1-4-22(31)28-21(12-8-11-18-9-6-5-7-10-18)25(3,19-13-15-20(16-14-19)38(35,36)37)26(23(27)32,24(33)34)29-17(2)30/h13-16,18,21H,4-12H2,1-3H3,(H2,27,32)(H,28,31)(H,29,30)(H,33,34)(H2,35,36,37). The molecule has 3 amide bonds. The molecule has 0 radical (unpaired) electrons. The van der Waals surface area contributed by atoms with Crippen molar-refractivity contribution in [1.29, 1.82) is 0 Å². The monoisotopic (exact) mass is 553 g/mol. The Morgan fingerprint density at radius 1 is 1.11 bits per heavy atom. The van der Waals surface area contributed by atoms with Gasteiger partial charge in [0.25, 0.3) is 5.91 Å². The largest absolute Gasteiger partial charge is 0.479 e. The van der Waals surface area contributed by atoms with Crippen molar-refractivity contribution < 1.29 is 38.6 Å². The number of primary amides is 1. The van der Waals surface area contributed by atoms with Crippen molar-refractivity contribution >= 4 is 36.6 Å². The number of hydrogen-bond donors (Lipinski definition) is 6. The van der Waals surface area contributed by atoms with Crippen molar-refractivity contribution in [3.63, 3.8) is 0 Å². The van der Waals surface area contributed by atoms with Crippen molar-refractivity contribution in [1.82, 2.24) is 10.6 Å². The lowest BCUT2D eigenvalue weighted by Gasteiger charge is -2.49. The van der Waals surface area contributed by atoms with Crippen LogP contribution in [0.1, 0.15) is 84.1 Å². The molecule has 12 heteroatoms. The Kier molecular flexibility index (Phi) is 10.7. The minimum atomic E-state index is -4.62. The number of benzene rings is 1. The van der Waals surface area contributed by atoms with Crippen LogP contribution in [0.3, 0.4) is 0 Å². The molecule has 7 N–H and O–H groups in total. The van der Waals surface area contributed by atoms with E-state index in [0.717, 1.165) is 51.2 Å². The van der Waals surface area contributed by atoms with E-state index >= 15 is 0 Å². The molecule has 38 heavy (non-hydrogen) atoms. The van der Waals surface area contributed by atoms with Crippen LogP contribution in [0.25, 0.3) is 0 Å². The van der Waals surface area contributed by atoms with Gasteiger partial charge in [-0.3, -0.25) is 18.9 Å². The van der Waals surface area contributed by atoms with E-state index in [-0.39, 0.29) is 23.7 Å². The number of nitrogens with two attached hydrogens (primary N) is 1. The average Bonchev–Trinajstić information content (AvgIpc) is 2.85. The first-order valence-electron chi connectivity index (χ1n) is 13.0. The van der Waals surface area contributed by atoms with E-state index in [9.17, 15) is 38.6 Å². The Balaban J connectivity index is 2.72. The average molecular weight is 554 g/mol. The maximum absolute atomic E-state index is 13.0. The number of amides is 3. The number of carboxylic acids is 1. The van der Waals surface area contributed by atoms with Gasteiger partial charge in [0.05, 0.1) is 10.7 Å². The molecular weight excluding hydrogens is 513 g/mol. The summed E-state index contributed by atoms with van der Waals surface area (Å²) < 4.78 is 11.8. The number of nitrogens with one attached hydrogen (secondary N) is 2. The second-order valence-corrected chi connectivity index (χ2v) is 11.9. The first-order chi connectivity index (χ1) is 17.7. The van der Waals surface area contributed by atoms with Gasteiger partial charge >= 0.3 is 13.6 Å². The normalized spacial score (nSPS) is 18.4. The predicted molar refractivity (Wildman–Crippen MR) is 141 cm³/mol. The molecule has 11 nitrogen and oxygen atoms in total. The lowest BCUT2D eigenvalue weighted by molar-refractivity contribution is -0.158. The highest BCUT2D eigenvalue weighted by Gasteiger charge is 2.63. The summed E-state index contributed by atoms with van der Waals surface area (Å²) in [6, 6.07) is 3.88. The van der Waals surface area contributed by atoms with Crippen LogP contribution < -0.4 is 21.7 Å². The summed E-state index contributed by atoms with van der Waals surface area (Å²) in [4.78, 5) is 70.0. The van der Waals surface area contributed by atoms with Crippen LogP contribution in [0.5, 0.6) is 0 Å². The third-order valence-corrected chi connectivity index (χ3v) is 8.79. The fourth-order valence-corrected chi connectivity index (χ4v) is 6.20. The molecule has 1 aromatic carbocycles. The zero-order chi connectivity index (χ0) is 28.7. The zero-order valence-corrected chi connectivity index (χ0v) is 23.1. The minimum absolute atomic E-state index is 0.0864. The van der Waals surface area contributed by atoms with Crippen LogP contribution in [0.2, 0.25) is 0 Å². The highest BCUT2D eigenvalue weighted by atomic mass is 31.2. The Morgan fingerprint density at radius 2 is 1.68 bits per heavy atom. The van der Waals surface area contributed by atoms with Crippen LogP contribution in [-0.2, 0) is 29.2 Å². The van der Waals surface area contributed by atoms with Gasteiger partial charge in [-0.05, 0) is 30.0 Å². The van der Waals surface area contributed by atoms with Crippen molar-refractivity contribution in [3.8, 4) is 0 Å². The number of aliphatic carboxylic acids is 1. The van der Waals surface area contributed by atoms with E-state index in [1.54, 1.807) is 6.92 Å². The van der Waals surface area contributed by atoms with Gasteiger partial charge in [-0.1, -0.05) is 70.9 Å². The molecule has 0 spiro atoms. The number of hydrogen-bond acceptors (Lipinski definition) is 5. The van der Waals surface area contributed by atoms with Crippen LogP contribution in [0.4, 0.5) is 0 Å². The maximum Gasteiger partial charge on any atom is 0.356 e. The van der Waals surface area contributed by atoms with E-state index in [4.69, 9.17) is 5.73 Å². The maximum atomic E-state index is 13.0. The first-order valence-corrected chi connectivity index (χ1v) is 14.6. The van der Waals surface area contributed by atoms with Crippen LogP contribution in [-0.4, -0.2) is 50.2 Å². The summed E-state index contributed by atoms with van der Waals surface area (Å²) in [5, 5.41) is 15.3. The Hall–Kier alpha value is -2.75. The Bertz CT molecular complexity index is 1050. The second kappa shape index (κ2) is 12.9. The van der Waals surface area contributed by atoms with Gasteiger partial charge < -0.3 is 31.3 Å². The first kappa shape index (κ1) is 31.5. The number of rotatable bonds is 13. The van der Waals surface area contributed by atoms with E-state index in [2.05, 4.69) is 10.6 Å². The second-order valence-electron chi connectivity index (χ2n) is 10.3. The number of carbonyl (C=O) groups is 4. The fourth-order valence-electron chi connectivity index (χ4n) is 5.66. The summed E-state index contributed by atoms with van der Waals surface area (Å²) in [6.45, 7) is 4.11. The summed E-state index contributed by atoms with van der Waals surface area (Å²) in [5.74, 6) is -3.77. The molecule has 212 valence electrons. The van der Waals surface area contributed by atoms with Gasteiger partial charge in [-0.15, -0.1) is 0 Å². The molecule has 1 aliphatic carbocycles. The molecule has 0 saturated heterocycles. The molecule has 1 saturated carbocycles. The van der Waals surface area contributed by atoms with Crippen LogP contribution >= 0.6 is 7.60 Å². The topological polar surface area (TPSA) is 196 Å². The van der Waals surface area contributed by atoms with Gasteiger partial charge in [0, 0.05) is 19.4 Å². The quantitative estimate of drug-likeness (QED) is 0.157. The molecule has 1 aromatic rings. The van der Waals surface area contributed by atoms with E-state index < -0.39 is 48.3 Å². The summed E-state index contributed by atoms with van der Waals surface area (Å²) in [6.07, 6.45) is 7.52. The molecule has 3 atom stereocenters. The lowest BCUT2D eigenvalue weighted by atomic mass is 9.60. The summed E-state index contributed by atoms with van der Waals surface area (Å²) >= 11 is 0. The third-order valence-electron chi connectivity index (χ3n) is 7.82. The Labute approximate surface area is 223 Å². The van der Waals surface area contributed by atoms with Gasteiger partial charge in [-0.25, -0.2) is 4.79 Å². The van der Waals surface area contributed by atoms with Gasteiger partial charge in [-0.2, -0.15) is 0 Å². The van der Waals surface area contributed by atoms with E-state index in [1.807, 2.05) is 0 Å². The van der Waals surface area contributed by atoms with Crippen molar-refractivity contribution in [2.45, 2.75) is 95.6 Å². The highest BCUT2D eigenvalue weighted by Crippen LogP contribution is 2.43. The Morgan fingerprint density at radius 3 is 2.13 bits per heavy atom. The molecular formula is C26H40N3O8P. The number of carboxylic acid groups (broad SMARTS) is 1. The van der Waals surface area contributed by atoms with Crippen molar-refractivity contribution in [2.75, 3.05) is 0 Å². The summed E-state index contributed by atoms with van der Waals surface area (Å²) in [7, 11) is -4.62. The van der Waals surface area contributed by atoms with E-state index in [0.29, 0.717) is 12.3 Å². The number of carbonyl (C=O) groups excluding carboxylic acids is 3. The van der Waals surface area contributed by atoms with Gasteiger partial charge in [0.15, 0.2) is 0 Å². The lowest BCUT2D eigenvalue weighted by Crippen LogP contribution is -2.76. The van der Waals surface area contributed by atoms with Crippen molar-refractivity contribution in [2.24, 2.45) is 11.7 Å². The molecule has 0 aliphatic heterocycles. The molecule has 1 aliphatic rings. The SMILES string of the molecule is CCC(=O)NC(CCCC1CCCCC1)C(C)(c1ccc(P(=O)(O)O)cc1)C(NC(C)=O)(C(N)=O)C(=O)O. The van der Waals surface area contributed by atoms with Gasteiger partial charge in [0.1, 0.15) is 0 Å². The minimum Gasteiger partial charge on any atom is -0.479 e. The van der Waals surface area contributed by atoms with Crippen molar-refractivity contribution in [3.05, 3.63) is 29.8 Å². The smallest absolute Gasteiger partial charge is 0.356 e. The van der Waals surface area contributed by atoms with E-state index in [1.165, 1.54) is 25.5 Å². The van der Waals surface area contributed by atoms with Crippen LogP contribution in [0.15, 0.2) is 24.3 Å². The zero-order valence-electron chi connectivity index (χ0n) is 22.2. The summed E-state index contributed by atoms with van der Waals surface area (Å²) in [5.41, 5.74) is 1.33. The third kappa shape index (κ3) is 6.81. The van der Waals surface area contributed by atoms with Crippen LogP contribution in [0, 0.1) is 5.92 Å². The molecule has 0 heterocycles. The predicted octanol–water partition coefficient (Wildman–Crippen LogP) is 1.84. The fraction of sp³-hybridized carbons (Fsp3) is 0.615.